The summed E-state index contributed by atoms with van der Waals surface area (Å²) < 4.78 is 0. The van der Waals surface area contributed by atoms with Crippen molar-refractivity contribution in [3.63, 3.8) is 0 Å². The van der Waals surface area contributed by atoms with Crippen molar-refractivity contribution in [2.24, 2.45) is 5.41 Å². The molecule has 0 spiro atoms. The standard InChI is InChI=1S/C21H29N/c1-16(13-15-22)9-10-17(2)18(3)11-12-20-19(4)8-7-14-21(20,5)6/h9-13H,7-8,14H2,1-6H3/b10-9+,12-11+,16-13+,18-17+/i1+1,17+1. The van der Waals surface area contributed by atoms with E-state index in [4.69, 9.17) is 5.26 Å². The van der Waals surface area contributed by atoms with Gasteiger partial charge in [0.05, 0.1) is 6.07 Å². The fraction of sp³-hybridized carbons (Fsp3) is 0.476. The number of allylic oxidation sites excluding steroid dienone is 10. The van der Waals surface area contributed by atoms with Gasteiger partial charge in [0, 0.05) is 6.08 Å². The molecule has 0 bridgehead atoms. The molecule has 1 aliphatic carbocycles. The lowest BCUT2D eigenvalue weighted by Gasteiger charge is -2.33. The minimum Gasteiger partial charge on any atom is -0.193 e. The molecule has 1 nitrogen and oxygen atoms in total. The van der Waals surface area contributed by atoms with Crippen molar-refractivity contribution in [1.82, 2.24) is 0 Å². The van der Waals surface area contributed by atoms with E-state index in [9.17, 15) is 0 Å². The molecule has 0 aromatic heterocycles. The van der Waals surface area contributed by atoms with E-state index >= 15 is 0 Å². The average molecular weight is 297 g/mol. The lowest BCUT2D eigenvalue weighted by atomic mass is 9.72. The van der Waals surface area contributed by atoms with Crippen molar-refractivity contribution >= 4 is 0 Å². The SMILES string of the molecule is CC1=C(/C=C/C(C)=[13C](C)/C=C/C([13CH3])=C/C#N)C(C)(C)CCC1. The molecule has 1 aliphatic rings. The maximum atomic E-state index is 8.62. The summed E-state index contributed by atoms with van der Waals surface area (Å²) in [5.74, 6) is 0. The summed E-state index contributed by atoms with van der Waals surface area (Å²) in [7, 11) is 0. The molecule has 0 N–H and O–H groups in total. The fourth-order valence-electron chi connectivity index (χ4n) is 2.89. The van der Waals surface area contributed by atoms with Crippen LogP contribution in [0.15, 0.2) is 58.2 Å². The monoisotopic (exact) mass is 297 g/mol. The van der Waals surface area contributed by atoms with Gasteiger partial charge in [0.2, 0.25) is 0 Å². The van der Waals surface area contributed by atoms with Crippen molar-refractivity contribution in [2.45, 2.75) is 60.8 Å². The number of nitrogens with zero attached hydrogens (tertiary/aromatic N) is 1. The highest BCUT2D eigenvalue weighted by Gasteiger charge is 2.26. The highest BCUT2D eigenvalue weighted by atomic mass is 14.3. The van der Waals surface area contributed by atoms with E-state index in [0.29, 0.717) is 0 Å². The van der Waals surface area contributed by atoms with E-state index in [-0.39, 0.29) is 5.41 Å². The van der Waals surface area contributed by atoms with Crippen molar-refractivity contribution in [1.29, 1.82) is 5.26 Å². The molecule has 0 radical (unpaired) electrons. The van der Waals surface area contributed by atoms with Crippen LogP contribution in [-0.4, -0.2) is 0 Å². The Morgan fingerprint density at radius 2 is 1.73 bits per heavy atom. The van der Waals surface area contributed by atoms with Crippen LogP contribution in [0.3, 0.4) is 0 Å². The molecule has 0 fully saturated rings. The Morgan fingerprint density at radius 3 is 2.32 bits per heavy atom. The van der Waals surface area contributed by atoms with E-state index in [1.807, 2.05) is 13.0 Å². The van der Waals surface area contributed by atoms with Crippen LogP contribution in [0, 0.1) is 16.7 Å². The van der Waals surface area contributed by atoms with Gasteiger partial charge in [0.15, 0.2) is 0 Å². The van der Waals surface area contributed by atoms with E-state index in [1.165, 1.54) is 41.6 Å². The molecule has 1 rings (SSSR count). The Morgan fingerprint density at radius 1 is 1.09 bits per heavy atom. The quantitative estimate of drug-likeness (QED) is 0.333. The second-order valence-corrected chi connectivity index (χ2v) is 6.98. The zero-order chi connectivity index (χ0) is 16.8. The first-order chi connectivity index (χ1) is 10.3. The Kier molecular flexibility index (Phi) is 6.62. The Balaban J connectivity index is 2.95. The molecule has 22 heavy (non-hydrogen) atoms. The van der Waals surface area contributed by atoms with Crippen LogP contribution in [0.5, 0.6) is 0 Å². The first-order valence-electron chi connectivity index (χ1n) is 8.08. The summed E-state index contributed by atoms with van der Waals surface area (Å²) in [6.07, 6.45) is 14.0. The maximum absolute atomic E-state index is 8.62. The lowest BCUT2D eigenvalue weighted by Crippen LogP contribution is -2.19. The summed E-state index contributed by atoms with van der Waals surface area (Å²) >= 11 is 0. The van der Waals surface area contributed by atoms with Crippen LogP contribution < -0.4 is 0 Å². The van der Waals surface area contributed by atoms with E-state index < -0.39 is 0 Å². The van der Waals surface area contributed by atoms with Crippen LogP contribution >= 0.6 is 0 Å². The minimum absolute atomic E-state index is 0.287. The van der Waals surface area contributed by atoms with Crippen molar-refractivity contribution in [3.8, 4) is 6.07 Å². The molecule has 0 atom stereocenters. The largest absolute Gasteiger partial charge is 0.193 e. The average Bonchev–Trinajstić information content (AvgIpc) is 2.43. The molecule has 1 heteroatoms. The molecule has 0 heterocycles. The first-order valence-corrected chi connectivity index (χ1v) is 8.08. The first kappa shape index (κ1) is 18.2. The van der Waals surface area contributed by atoms with Gasteiger partial charge in [-0.3, -0.25) is 0 Å². The third-order valence-electron chi connectivity index (χ3n) is 4.55. The van der Waals surface area contributed by atoms with Crippen LogP contribution in [0.2, 0.25) is 0 Å². The Bertz CT molecular complexity index is 598. The topological polar surface area (TPSA) is 23.8 Å². The molecule has 0 amide bonds. The molecule has 0 saturated carbocycles. The summed E-state index contributed by atoms with van der Waals surface area (Å²) in [4.78, 5) is 0. The zero-order valence-electron chi connectivity index (χ0n) is 15.0. The van der Waals surface area contributed by atoms with Gasteiger partial charge in [-0.05, 0) is 74.7 Å². The summed E-state index contributed by atoms with van der Waals surface area (Å²) in [5, 5.41) is 8.62. The predicted molar refractivity (Wildman–Crippen MR) is 96.4 cm³/mol. The maximum Gasteiger partial charge on any atom is 0.0914 e. The third kappa shape index (κ3) is 5.19. The van der Waals surface area contributed by atoms with E-state index in [2.05, 4.69) is 58.9 Å². The second kappa shape index (κ2) is 7.99. The molecule has 118 valence electrons. The second-order valence-electron chi connectivity index (χ2n) is 6.98. The van der Waals surface area contributed by atoms with Gasteiger partial charge in [-0.15, -0.1) is 0 Å². The zero-order valence-corrected chi connectivity index (χ0v) is 15.0. The van der Waals surface area contributed by atoms with Crippen molar-refractivity contribution in [2.75, 3.05) is 0 Å². The van der Waals surface area contributed by atoms with Gasteiger partial charge in [0.1, 0.15) is 0 Å². The smallest absolute Gasteiger partial charge is 0.0914 e. The minimum atomic E-state index is 0.287. The van der Waals surface area contributed by atoms with Gasteiger partial charge in [-0.25, -0.2) is 0 Å². The summed E-state index contributed by atoms with van der Waals surface area (Å²) in [6.45, 7) is 13.2. The molecule has 0 aliphatic heterocycles. The van der Waals surface area contributed by atoms with Gasteiger partial charge in [0.25, 0.3) is 0 Å². The Labute approximate surface area is 136 Å². The van der Waals surface area contributed by atoms with Gasteiger partial charge >= 0.3 is 0 Å². The van der Waals surface area contributed by atoms with Crippen LogP contribution in [0.1, 0.15) is 60.8 Å². The number of rotatable bonds is 4. The highest BCUT2D eigenvalue weighted by molar-refractivity contribution is 5.39. The molecule has 0 aromatic carbocycles. The third-order valence-corrected chi connectivity index (χ3v) is 4.55. The number of hydrogen-bond donors (Lipinski definition) is 0. The summed E-state index contributed by atoms with van der Waals surface area (Å²) in [5.41, 5.74) is 6.79. The molecule has 0 aromatic rings. The molecular weight excluding hydrogens is 268 g/mol. The van der Waals surface area contributed by atoms with E-state index in [0.717, 1.165) is 5.57 Å². The van der Waals surface area contributed by atoms with Gasteiger partial charge in [-0.1, -0.05) is 43.7 Å². The van der Waals surface area contributed by atoms with Gasteiger partial charge < -0.3 is 0 Å². The molecule has 0 unspecified atom stereocenters. The normalized spacial score (nSPS) is 20.5. The lowest BCUT2D eigenvalue weighted by molar-refractivity contribution is 0.377. The van der Waals surface area contributed by atoms with Gasteiger partial charge in [-0.2, -0.15) is 5.26 Å². The van der Waals surface area contributed by atoms with Crippen LogP contribution in [0.4, 0.5) is 0 Å². The molecular formula is C21H29N. The van der Waals surface area contributed by atoms with Crippen LogP contribution in [-0.2, 0) is 0 Å². The van der Waals surface area contributed by atoms with Crippen molar-refractivity contribution < 1.29 is 0 Å². The highest BCUT2D eigenvalue weighted by Crippen LogP contribution is 2.40. The van der Waals surface area contributed by atoms with Crippen LogP contribution in [0.25, 0.3) is 0 Å². The van der Waals surface area contributed by atoms with Crippen molar-refractivity contribution in [3.05, 3.63) is 58.2 Å². The Hall–Kier alpha value is -1.81. The molecule has 0 saturated heterocycles. The number of nitriles is 1. The summed E-state index contributed by atoms with van der Waals surface area (Å²) in [6, 6.07) is 2.05. The van der Waals surface area contributed by atoms with E-state index in [1.54, 1.807) is 6.08 Å². The predicted octanol–water partition coefficient (Wildman–Crippen LogP) is 6.43. The fourth-order valence-corrected chi connectivity index (χ4v) is 2.89. The number of hydrogen-bond acceptors (Lipinski definition) is 1.